The molecule has 0 aromatic carbocycles. The van der Waals surface area contributed by atoms with Gasteiger partial charge in [0, 0.05) is 16.6 Å². The van der Waals surface area contributed by atoms with E-state index in [1.165, 1.54) is 12.1 Å². The zero-order chi connectivity index (χ0) is 14.0. The van der Waals surface area contributed by atoms with E-state index in [1.54, 1.807) is 17.5 Å². The average Bonchev–Trinajstić information content (AvgIpc) is 2.74. The van der Waals surface area contributed by atoms with Crippen molar-refractivity contribution in [1.29, 1.82) is 0 Å². The molecule has 0 bridgehead atoms. The monoisotopic (exact) mass is 315 g/mol. The summed E-state index contributed by atoms with van der Waals surface area (Å²) < 4.78 is 0. The molecule has 7 heteroatoms. The molecule has 0 fully saturated rings. The Morgan fingerprint density at radius 3 is 2.53 bits per heavy atom. The summed E-state index contributed by atoms with van der Waals surface area (Å²) >= 11 is 13.1. The summed E-state index contributed by atoms with van der Waals surface area (Å²) in [5, 5.41) is 4.08. The van der Waals surface area contributed by atoms with Crippen LogP contribution in [0.5, 0.6) is 0 Å². The number of nitrogens with one attached hydrogen (secondary N) is 1. The molecule has 2 aromatic rings. The number of nitrogens with zero attached hydrogens (tertiary/aromatic N) is 2. The molecule has 0 aliphatic rings. The largest absolute Gasteiger partial charge is 0.343 e. The maximum absolute atomic E-state index is 12.1. The SMILES string of the molecule is Cc1cnc(C(C)NC(=O)c2cc(Cl)nc(Cl)c2)s1. The topological polar surface area (TPSA) is 54.9 Å². The summed E-state index contributed by atoms with van der Waals surface area (Å²) in [5.41, 5.74) is 0.380. The summed E-state index contributed by atoms with van der Waals surface area (Å²) in [5.74, 6) is -0.258. The van der Waals surface area contributed by atoms with Gasteiger partial charge in [-0.05, 0) is 26.0 Å². The molecule has 0 aliphatic heterocycles. The van der Waals surface area contributed by atoms with E-state index in [0.717, 1.165) is 9.88 Å². The number of hydrogen-bond acceptors (Lipinski definition) is 4. The third-order valence-corrected chi connectivity index (χ3v) is 3.86. The molecular formula is C12H11Cl2N3OS. The van der Waals surface area contributed by atoms with Crippen molar-refractivity contribution < 1.29 is 4.79 Å². The van der Waals surface area contributed by atoms with Crippen LogP contribution in [0.3, 0.4) is 0 Å². The van der Waals surface area contributed by atoms with Crippen LogP contribution in [-0.2, 0) is 0 Å². The Bertz CT molecular complexity index is 595. The zero-order valence-corrected chi connectivity index (χ0v) is 12.6. The Kier molecular flexibility index (Phi) is 4.39. The van der Waals surface area contributed by atoms with Gasteiger partial charge in [0.1, 0.15) is 15.3 Å². The van der Waals surface area contributed by atoms with Gasteiger partial charge < -0.3 is 5.32 Å². The fraction of sp³-hybridized carbons (Fsp3) is 0.250. The highest BCUT2D eigenvalue weighted by molar-refractivity contribution is 7.11. The Morgan fingerprint density at radius 1 is 1.37 bits per heavy atom. The summed E-state index contributed by atoms with van der Waals surface area (Å²) in [4.78, 5) is 21.2. The minimum Gasteiger partial charge on any atom is -0.343 e. The predicted octanol–water partition coefficient (Wildman–Crippen LogP) is 3.64. The lowest BCUT2D eigenvalue weighted by molar-refractivity contribution is 0.0939. The van der Waals surface area contributed by atoms with E-state index in [9.17, 15) is 4.79 Å². The van der Waals surface area contributed by atoms with Crippen LogP contribution in [0.2, 0.25) is 10.3 Å². The Labute approximate surface area is 124 Å². The lowest BCUT2D eigenvalue weighted by atomic mass is 10.2. The molecule has 2 rings (SSSR count). The van der Waals surface area contributed by atoms with Crippen LogP contribution in [0, 0.1) is 6.92 Å². The van der Waals surface area contributed by atoms with Gasteiger partial charge in [-0.2, -0.15) is 0 Å². The first-order valence-corrected chi connectivity index (χ1v) is 7.09. The Balaban J connectivity index is 2.12. The quantitative estimate of drug-likeness (QED) is 0.880. The third kappa shape index (κ3) is 3.65. The van der Waals surface area contributed by atoms with Crippen LogP contribution >= 0.6 is 34.5 Å². The number of thiazole rings is 1. The molecule has 1 atom stereocenters. The molecule has 100 valence electrons. The lowest BCUT2D eigenvalue weighted by Gasteiger charge is -2.11. The number of pyridine rings is 1. The third-order valence-electron chi connectivity index (χ3n) is 2.38. The molecule has 0 aliphatic carbocycles. The molecule has 1 amide bonds. The van der Waals surface area contributed by atoms with Crippen molar-refractivity contribution in [3.8, 4) is 0 Å². The smallest absolute Gasteiger partial charge is 0.252 e. The number of rotatable bonds is 3. The van der Waals surface area contributed by atoms with E-state index in [2.05, 4.69) is 15.3 Å². The second-order valence-corrected chi connectivity index (χ2v) is 6.05. The maximum atomic E-state index is 12.1. The fourth-order valence-corrected chi connectivity index (χ4v) is 2.75. The molecular weight excluding hydrogens is 305 g/mol. The average molecular weight is 316 g/mol. The van der Waals surface area contributed by atoms with Crippen molar-refractivity contribution in [2.24, 2.45) is 0 Å². The van der Waals surface area contributed by atoms with Gasteiger partial charge in [0.2, 0.25) is 0 Å². The highest BCUT2D eigenvalue weighted by atomic mass is 35.5. The maximum Gasteiger partial charge on any atom is 0.252 e. The number of hydrogen-bond donors (Lipinski definition) is 1. The van der Waals surface area contributed by atoms with E-state index >= 15 is 0 Å². The fourth-order valence-electron chi connectivity index (χ4n) is 1.51. The second kappa shape index (κ2) is 5.86. The van der Waals surface area contributed by atoms with Gasteiger partial charge in [0.25, 0.3) is 5.91 Å². The Hall–Kier alpha value is -1.17. The first kappa shape index (κ1) is 14.2. The van der Waals surface area contributed by atoms with Crippen LogP contribution in [-0.4, -0.2) is 15.9 Å². The van der Waals surface area contributed by atoms with E-state index < -0.39 is 0 Å². The molecule has 19 heavy (non-hydrogen) atoms. The van der Waals surface area contributed by atoms with E-state index in [1.807, 2.05) is 13.8 Å². The van der Waals surface area contributed by atoms with Crippen molar-refractivity contribution in [1.82, 2.24) is 15.3 Å². The molecule has 0 spiro atoms. The number of halogens is 2. The van der Waals surface area contributed by atoms with Crippen molar-refractivity contribution in [3.63, 3.8) is 0 Å². The second-order valence-electron chi connectivity index (χ2n) is 4.01. The lowest BCUT2D eigenvalue weighted by Crippen LogP contribution is -2.26. The minimum atomic E-state index is -0.258. The van der Waals surface area contributed by atoms with E-state index in [4.69, 9.17) is 23.2 Å². The van der Waals surface area contributed by atoms with Gasteiger partial charge >= 0.3 is 0 Å². The van der Waals surface area contributed by atoms with Gasteiger partial charge in [-0.15, -0.1) is 11.3 Å². The van der Waals surface area contributed by atoms with Gasteiger partial charge in [-0.25, -0.2) is 9.97 Å². The van der Waals surface area contributed by atoms with Crippen molar-refractivity contribution >= 4 is 40.4 Å². The first-order valence-electron chi connectivity index (χ1n) is 5.52. The van der Waals surface area contributed by atoms with Crippen LogP contribution < -0.4 is 5.32 Å². The molecule has 2 heterocycles. The predicted molar refractivity (Wildman–Crippen MR) is 77.0 cm³/mol. The van der Waals surface area contributed by atoms with Gasteiger partial charge in [-0.1, -0.05) is 23.2 Å². The standard InChI is InChI=1S/C12H11Cl2N3OS/c1-6-5-15-12(19-6)7(2)16-11(18)8-3-9(13)17-10(14)4-8/h3-5,7H,1-2H3,(H,16,18). The molecule has 4 nitrogen and oxygen atoms in total. The van der Waals surface area contributed by atoms with Crippen molar-refractivity contribution in [2.45, 2.75) is 19.9 Å². The summed E-state index contributed by atoms with van der Waals surface area (Å²) in [6, 6.07) is 2.78. The molecule has 0 saturated carbocycles. The normalized spacial score (nSPS) is 12.2. The minimum absolute atomic E-state index is 0.170. The number of carbonyl (C=O) groups excluding carboxylic acids is 1. The molecule has 2 aromatic heterocycles. The van der Waals surface area contributed by atoms with Gasteiger partial charge in [0.05, 0.1) is 6.04 Å². The van der Waals surface area contributed by atoms with Crippen LogP contribution in [0.25, 0.3) is 0 Å². The molecule has 0 radical (unpaired) electrons. The molecule has 0 saturated heterocycles. The highest BCUT2D eigenvalue weighted by Crippen LogP contribution is 2.20. The van der Waals surface area contributed by atoms with Crippen molar-refractivity contribution in [3.05, 3.63) is 44.1 Å². The molecule has 1 unspecified atom stereocenters. The summed E-state index contributed by atoms with van der Waals surface area (Å²) in [7, 11) is 0. The van der Waals surface area contributed by atoms with Crippen LogP contribution in [0.4, 0.5) is 0 Å². The van der Waals surface area contributed by atoms with Crippen LogP contribution in [0.15, 0.2) is 18.3 Å². The Morgan fingerprint density at radius 2 is 2.00 bits per heavy atom. The summed E-state index contributed by atoms with van der Waals surface area (Å²) in [6.07, 6.45) is 1.78. The van der Waals surface area contributed by atoms with Gasteiger partial charge in [0.15, 0.2) is 0 Å². The van der Waals surface area contributed by atoms with Crippen molar-refractivity contribution in [2.75, 3.05) is 0 Å². The first-order chi connectivity index (χ1) is 8.95. The van der Waals surface area contributed by atoms with Gasteiger partial charge in [-0.3, -0.25) is 4.79 Å². The number of aromatic nitrogens is 2. The summed E-state index contributed by atoms with van der Waals surface area (Å²) in [6.45, 7) is 3.85. The highest BCUT2D eigenvalue weighted by Gasteiger charge is 2.15. The number of amides is 1. The van der Waals surface area contributed by atoms with E-state index in [-0.39, 0.29) is 22.3 Å². The zero-order valence-electron chi connectivity index (χ0n) is 10.3. The van der Waals surface area contributed by atoms with E-state index in [0.29, 0.717) is 5.56 Å². The van der Waals surface area contributed by atoms with Crippen LogP contribution in [0.1, 0.15) is 33.2 Å². The number of aryl methyl sites for hydroxylation is 1. The molecule has 1 N–H and O–H groups in total. The number of carbonyl (C=O) groups is 1.